The minimum atomic E-state index is -0.365. The van der Waals surface area contributed by atoms with Crippen LogP contribution in [-0.4, -0.2) is 51.0 Å². The summed E-state index contributed by atoms with van der Waals surface area (Å²) in [6.07, 6.45) is 1.98. The summed E-state index contributed by atoms with van der Waals surface area (Å²) >= 11 is 1.53. The number of carbonyl (C=O) groups excluding carboxylic acids is 1. The molecule has 0 spiro atoms. The molecular formula is C22H22N6O3S. The highest BCUT2D eigenvalue weighted by molar-refractivity contribution is 7.22. The number of fused-ring (bicyclic) bond motifs is 2. The highest BCUT2D eigenvalue weighted by Gasteiger charge is 2.31. The summed E-state index contributed by atoms with van der Waals surface area (Å²) in [4.78, 5) is 27.4. The van der Waals surface area contributed by atoms with Gasteiger partial charge in [0.2, 0.25) is 5.91 Å². The zero-order chi connectivity index (χ0) is 22.6. The number of aryl methyl sites for hydroxylation is 1. The number of anilines is 1. The predicted molar refractivity (Wildman–Crippen MR) is 125 cm³/mol. The molecule has 0 bridgehead atoms. The summed E-state index contributed by atoms with van der Waals surface area (Å²) in [6.45, 7) is 6.60. The van der Waals surface area contributed by atoms with Crippen molar-refractivity contribution in [2.24, 2.45) is 0 Å². The molecule has 4 aromatic rings. The Morgan fingerprint density at radius 1 is 1.41 bits per heavy atom. The van der Waals surface area contributed by atoms with Crippen LogP contribution in [-0.2, 0) is 4.79 Å². The lowest BCUT2D eigenvalue weighted by Crippen LogP contribution is -2.27. The Labute approximate surface area is 187 Å². The molecule has 1 atom stereocenters. The van der Waals surface area contributed by atoms with Crippen LogP contribution in [0.1, 0.15) is 18.0 Å². The van der Waals surface area contributed by atoms with E-state index in [1.807, 2.05) is 19.1 Å². The topological polar surface area (TPSA) is 119 Å². The Kier molecular flexibility index (Phi) is 4.74. The van der Waals surface area contributed by atoms with Crippen molar-refractivity contribution in [1.29, 1.82) is 0 Å². The highest BCUT2D eigenvalue weighted by atomic mass is 32.1. The minimum absolute atomic E-state index is 0.133. The van der Waals surface area contributed by atoms with Gasteiger partial charge < -0.3 is 15.4 Å². The quantitative estimate of drug-likeness (QED) is 0.462. The number of H-pyrrole nitrogens is 1. The van der Waals surface area contributed by atoms with Crippen LogP contribution in [0.2, 0.25) is 0 Å². The van der Waals surface area contributed by atoms with Crippen LogP contribution in [0.5, 0.6) is 5.75 Å². The summed E-state index contributed by atoms with van der Waals surface area (Å²) in [5.74, 6) is 0.864. The number of benzene rings is 1. The van der Waals surface area contributed by atoms with Crippen LogP contribution < -0.4 is 16.0 Å². The third-order valence-electron chi connectivity index (χ3n) is 5.83. The van der Waals surface area contributed by atoms with E-state index < -0.39 is 0 Å². The van der Waals surface area contributed by atoms with Gasteiger partial charge >= 0.3 is 0 Å². The average molecular weight is 451 g/mol. The number of nitrogens with one attached hydrogen (secondary N) is 1. The highest BCUT2D eigenvalue weighted by Crippen LogP contribution is 2.42. The van der Waals surface area contributed by atoms with Gasteiger partial charge in [0.05, 0.1) is 28.1 Å². The van der Waals surface area contributed by atoms with Gasteiger partial charge in [-0.2, -0.15) is 10.2 Å². The maximum absolute atomic E-state index is 12.8. The van der Waals surface area contributed by atoms with Gasteiger partial charge in [-0.1, -0.05) is 12.6 Å². The lowest BCUT2D eigenvalue weighted by Gasteiger charge is -2.14. The van der Waals surface area contributed by atoms with E-state index in [4.69, 9.17) is 15.6 Å². The molecule has 0 saturated carbocycles. The smallest absolute Gasteiger partial charge is 0.290 e. The Morgan fingerprint density at radius 3 is 2.97 bits per heavy atom. The van der Waals surface area contributed by atoms with Gasteiger partial charge in [-0.15, -0.1) is 11.3 Å². The molecule has 3 N–H and O–H groups in total. The standard InChI is InChI=1S/C22H22N6O3S/c1-4-16(29)27-6-5-13(10-27)28-19-17(21(23)24-25-22(19)30)18(26-28)15-9-12-7-11(2)8-14(31-3)20(12)32-15/h4,7-9,13H,1,5-6,10H2,2-3H3,(H2,23,24)(H,25,30). The number of amides is 1. The number of ether oxygens (including phenoxy) is 1. The molecule has 3 aromatic heterocycles. The van der Waals surface area contributed by atoms with Gasteiger partial charge in [0.15, 0.2) is 5.82 Å². The van der Waals surface area contributed by atoms with Crippen LogP contribution in [0.15, 0.2) is 35.6 Å². The molecule has 10 heteroatoms. The minimum Gasteiger partial charge on any atom is -0.495 e. The molecular weight excluding hydrogens is 428 g/mol. The number of hydrogen-bond acceptors (Lipinski definition) is 7. The largest absolute Gasteiger partial charge is 0.495 e. The maximum atomic E-state index is 12.8. The molecule has 1 aliphatic rings. The van der Waals surface area contributed by atoms with Gasteiger partial charge in [0.1, 0.15) is 17.0 Å². The number of nitrogens with zero attached hydrogens (tertiary/aromatic N) is 4. The number of aromatic nitrogens is 4. The summed E-state index contributed by atoms with van der Waals surface area (Å²) < 4.78 is 8.26. The van der Waals surface area contributed by atoms with E-state index >= 15 is 0 Å². The molecule has 1 saturated heterocycles. The molecule has 1 amide bonds. The number of methoxy groups -OCH3 is 1. The Balaban J connectivity index is 1.71. The van der Waals surface area contributed by atoms with Gasteiger partial charge in [-0.25, -0.2) is 5.10 Å². The first-order valence-corrected chi connectivity index (χ1v) is 11.0. The van der Waals surface area contributed by atoms with Crippen LogP contribution in [0, 0.1) is 6.92 Å². The van der Waals surface area contributed by atoms with Crippen LogP contribution in [0.4, 0.5) is 5.82 Å². The van der Waals surface area contributed by atoms with Crippen molar-refractivity contribution in [1.82, 2.24) is 24.9 Å². The van der Waals surface area contributed by atoms with Crippen molar-refractivity contribution in [3.05, 3.63) is 46.8 Å². The van der Waals surface area contributed by atoms with Gasteiger partial charge in [-0.3, -0.25) is 14.3 Å². The lowest BCUT2D eigenvalue weighted by atomic mass is 10.1. The predicted octanol–water partition coefficient (Wildman–Crippen LogP) is 2.86. The van der Waals surface area contributed by atoms with E-state index in [1.165, 1.54) is 17.4 Å². The summed E-state index contributed by atoms with van der Waals surface area (Å²) in [6, 6.07) is 5.96. The molecule has 1 aromatic carbocycles. The fourth-order valence-electron chi connectivity index (χ4n) is 4.35. The fourth-order valence-corrected chi connectivity index (χ4v) is 5.48. The normalized spacial score (nSPS) is 16.2. The average Bonchev–Trinajstić information content (AvgIpc) is 3.51. The molecule has 32 heavy (non-hydrogen) atoms. The zero-order valence-electron chi connectivity index (χ0n) is 17.7. The number of nitrogen functional groups attached to an aromatic ring is 1. The van der Waals surface area contributed by atoms with Crippen molar-refractivity contribution in [3.63, 3.8) is 0 Å². The summed E-state index contributed by atoms with van der Waals surface area (Å²) in [7, 11) is 1.65. The summed E-state index contributed by atoms with van der Waals surface area (Å²) in [5, 5.41) is 12.8. The number of aromatic amines is 1. The molecule has 5 rings (SSSR count). The zero-order valence-corrected chi connectivity index (χ0v) is 18.5. The second kappa shape index (κ2) is 7.49. The van der Waals surface area contributed by atoms with Crippen LogP contribution >= 0.6 is 11.3 Å². The van der Waals surface area contributed by atoms with Gasteiger partial charge in [0.25, 0.3) is 5.56 Å². The molecule has 9 nitrogen and oxygen atoms in total. The Hall–Kier alpha value is -3.66. The second-order valence-electron chi connectivity index (χ2n) is 7.88. The van der Waals surface area contributed by atoms with Crippen molar-refractivity contribution >= 4 is 44.1 Å². The number of rotatable bonds is 4. The van der Waals surface area contributed by atoms with E-state index in [9.17, 15) is 9.59 Å². The van der Waals surface area contributed by atoms with E-state index in [0.717, 1.165) is 26.3 Å². The molecule has 164 valence electrons. The van der Waals surface area contributed by atoms with Gasteiger partial charge in [-0.05, 0) is 42.5 Å². The number of carbonyl (C=O) groups is 1. The first-order valence-electron chi connectivity index (χ1n) is 10.2. The van der Waals surface area contributed by atoms with Crippen molar-refractivity contribution in [2.45, 2.75) is 19.4 Å². The van der Waals surface area contributed by atoms with E-state index in [2.05, 4.69) is 22.8 Å². The third-order valence-corrected chi connectivity index (χ3v) is 7.01. The Bertz CT molecular complexity index is 1450. The van der Waals surface area contributed by atoms with Gasteiger partial charge in [0, 0.05) is 13.1 Å². The lowest BCUT2D eigenvalue weighted by molar-refractivity contribution is -0.125. The van der Waals surface area contributed by atoms with Crippen molar-refractivity contribution in [3.8, 4) is 16.3 Å². The first kappa shape index (κ1) is 20.3. The maximum Gasteiger partial charge on any atom is 0.290 e. The van der Waals surface area contributed by atoms with Crippen molar-refractivity contribution < 1.29 is 9.53 Å². The number of hydrogen-bond donors (Lipinski definition) is 2. The number of nitrogens with two attached hydrogens (primary N) is 1. The van der Waals surface area contributed by atoms with Crippen LogP contribution in [0.3, 0.4) is 0 Å². The molecule has 1 unspecified atom stereocenters. The van der Waals surface area contributed by atoms with E-state index in [-0.39, 0.29) is 23.3 Å². The van der Waals surface area contributed by atoms with E-state index in [1.54, 1.807) is 16.7 Å². The monoisotopic (exact) mass is 450 g/mol. The second-order valence-corrected chi connectivity index (χ2v) is 8.93. The molecule has 1 fully saturated rings. The molecule has 0 radical (unpaired) electrons. The first-order chi connectivity index (χ1) is 15.4. The molecule has 0 aliphatic carbocycles. The number of likely N-dealkylation sites (tertiary alicyclic amines) is 1. The van der Waals surface area contributed by atoms with Crippen molar-refractivity contribution in [2.75, 3.05) is 25.9 Å². The molecule has 1 aliphatic heterocycles. The third kappa shape index (κ3) is 3.06. The van der Waals surface area contributed by atoms with E-state index in [0.29, 0.717) is 36.1 Å². The molecule has 4 heterocycles. The Morgan fingerprint density at radius 2 is 2.22 bits per heavy atom. The number of thiophene rings is 1. The SMILES string of the molecule is C=CC(=O)N1CCC(n2nc(-c3cc4cc(C)cc(OC)c4s3)c3c(N)n[nH]c(=O)c32)C1. The van der Waals surface area contributed by atoms with Crippen LogP contribution in [0.25, 0.3) is 31.6 Å². The fraction of sp³-hybridized carbons (Fsp3) is 0.273. The summed E-state index contributed by atoms with van der Waals surface area (Å²) in [5.41, 5.74) is 7.91.